The minimum Gasteiger partial charge on any atom is -0.347 e. The molecule has 2 aromatic rings. The van der Waals surface area contributed by atoms with Crippen LogP contribution >= 0.6 is 0 Å². The molecule has 0 saturated heterocycles. The summed E-state index contributed by atoms with van der Waals surface area (Å²) in [5, 5.41) is 12.3. The number of fused-ring (bicyclic) bond motifs is 1. The van der Waals surface area contributed by atoms with Crippen molar-refractivity contribution in [1.82, 2.24) is 14.5 Å². The van der Waals surface area contributed by atoms with Crippen LogP contribution < -0.4 is 16.6 Å². The molecule has 0 radical (unpaired) electrons. The second-order valence-electron chi connectivity index (χ2n) is 7.75. The number of carbonyl (C=O) groups is 1. The highest BCUT2D eigenvalue weighted by Crippen LogP contribution is 2.22. The Balaban J connectivity index is 1.87. The summed E-state index contributed by atoms with van der Waals surface area (Å²) in [5.41, 5.74) is 1.42. The average molecular weight is 394 g/mol. The van der Waals surface area contributed by atoms with Gasteiger partial charge in [0.1, 0.15) is 18.2 Å². The van der Waals surface area contributed by atoms with Crippen molar-refractivity contribution in [2.45, 2.75) is 59.2 Å². The molecular formula is C22H26N4O3. The third-order valence-electron chi connectivity index (χ3n) is 5.47. The van der Waals surface area contributed by atoms with Crippen LogP contribution in [0.1, 0.15) is 55.6 Å². The van der Waals surface area contributed by atoms with E-state index in [0.717, 1.165) is 16.6 Å². The number of benzene rings is 1. The number of rotatable bonds is 6. The molecule has 0 saturated carbocycles. The van der Waals surface area contributed by atoms with E-state index in [0.29, 0.717) is 25.1 Å². The van der Waals surface area contributed by atoms with Crippen LogP contribution in [-0.2, 0) is 30.7 Å². The van der Waals surface area contributed by atoms with Crippen molar-refractivity contribution in [1.29, 1.82) is 5.26 Å². The zero-order chi connectivity index (χ0) is 21.1. The number of aryl methyl sites for hydroxylation is 1. The van der Waals surface area contributed by atoms with Gasteiger partial charge in [-0.05, 0) is 36.3 Å². The molecule has 1 atom stereocenters. The highest BCUT2D eigenvalue weighted by Gasteiger charge is 2.25. The Morgan fingerprint density at radius 1 is 1.24 bits per heavy atom. The first-order chi connectivity index (χ1) is 13.9. The van der Waals surface area contributed by atoms with Gasteiger partial charge in [-0.1, -0.05) is 45.0 Å². The highest BCUT2D eigenvalue weighted by molar-refractivity contribution is 5.76. The van der Waals surface area contributed by atoms with Gasteiger partial charge in [-0.3, -0.25) is 14.2 Å². The second-order valence-corrected chi connectivity index (χ2v) is 7.75. The minimum atomic E-state index is -0.686. The summed E-state index contributed by atoms with van der Waals surface area (Å²) < 4.78 is 2.32. The number of carbonyl (C=O) groups excluding carboxylic acids is 1. The molecule has 0 aliphatic carbocycles. The van der Waals surface area contributed by atoms with Gasteiger partial charge in [-0.15, -0.1) is 0 Å². The van der Waals surface area contributed by atoms with E-state index in [1.54, 1.807) is 0 Å². The van der Waals surface area contributed by atoms with Crippen molar-refractivity contribution in [3.05, 3.63) is 67.5 Å². The zero-order valence-electron chi connectivity index (χ0n) is 17.1. The molecule has 0 unspecified atom stereocenters. The van der Waals surface area contributed by atoms with Gasteiger partial charge in [-0.2, -0.15) is 5.26 Å². The van der Waals surface area contributed by atoms with Crippen molar-refractivity contribution in [2.24, 2.45) is 5.92 Å². The van der Waals surface area contributed by atoms with Gasteiger partial charge in [0.05, 0.1) is 6.04 Å². The molecular weight excluding hydrogens is 368 g/mol. The van der Waals surface area contributed by atoms with E-state index >= 15 is 0 Å². The summed E-state index contributed by atoms with van der Waals surface area (Å²) >= 11 is 0. The Morgan fingerprint density at radius 2 is 1.93 bits per heavy atom. The monoisotopic (exact) mass is 394 g/mol. The molecule has 29 heavy (non-hydrogen) atoms. The molecule has 7 heteroatoms. The maximum Gasteiger partial charge on any atom is 0.331 e. The summed E-state index contributed by atoms with van der Waals surface area (Å²) in [4.78, 5) is 38.0. The van der Waals surface area contributed by atoms with E-state index in [1.165, 1.54) is 10.1 Å². The van der Waals surface area contributed by atoms with E-state index in [-0.39, 0.29) is 17.5 Å². The fourth-order valence-corrected chi connectivity index (χ4v) is 3.85. The number of nitrogens with zero attached hydrogens (tertiary/aromatic N) is 3. The van der Waals surface area contributed by atoms with Crippen molar-refractivity contribution in [2.75, 3.05) is 0 Å². The SMILES string of the molecule is CCc1ccc([C@H](NC(=O)Cn2c(=O)c(C#N)c3n(c2=O)CCC3)C(C)C)cc1. The Bertz CT molecular complexity index is 1070. The smallest absolute Gasteiger partial charge is 0.331 e. The lowest BCUT2D eigenvalue weighted by molar-refractivity contribution is -0.122. The molecule has 1 N–H and O–H groups in total. The zero-order valence-corrected chi connectivity index (χ0v) is 17.1. The Kier molecular flexibility index (Phi) is 6.02. The van der Waals surface area contributed by atoms with Gasteiger partial charge >= 0.3 is 5.69 Å². The second kappa shape index (κ2) is 8.48. The Labute approximate surface area is 169 Å². The molecule has 152 valence electrons. The number of hydrogen-bond donors (Lipinski definition) is 1. The van der Waals surface area contributed by atoms with Crippen molar-refractivity contribution < 1.29 is 4.79 Å². The van der Waals surface area contributed by atoms with E-state index in [4.69, 9.17) is 0 Å². The average Bonchev–Trinajstić information content (AvgIpc) is 3.19. The summed E-state index contributed by atoms with van der Waals surface area (Å²) in [6.45, 7) is 6.15. The van der Waals surface area contributed by atoms with Gasteiger partial charge in [0.2, 0.25) is 5.91 Å². The van der Waals surface area contributed by atoms with Crippen molar-refractivity contribution in [3.63, 3.8) is 0 Å². The molecule has 1 aromatic carbocycles. The predicted molar refractivity (Wildman–Crippen MR) is 110 cm³/mol. The summed E-state index contributed by atoms with van der Waals surface area (Å²) in [6, 6.07) is 9.73. The van der Waals surface area contributed by atoms with Crippen LogP contribution in [0.15, 0.2) is 33.9 Å². The first-order valence-corrected chi connectivity index (χ1v) is 10.0. The lowest BCUT2D eigenvalue weighted by atomic mass is 9.95. The number of hydrogen-bond acceptors (Lipinski definition) is 4. The Hall–Kier alpha value is -3.14. The number of nitrogens with one attached hydrogen (secondary N) is 1. The Morgan fingerprint density at radius 3 is 2.52 bits per heavy atom. The largest absolute Gasteiger partial charge is 0.347 e. The van der Waals surface area contributed by atoms with Crippen molar-refractivity contribution >= 4 is 5.91 Å². The summed E-state index contributed by atoms with van der Waals surface area (Å²) in [5.74, 6) is -0.302. The molecule has 3 rings (SSSR count). The standard InChI is InChI=1S/C22H26N4O3/c1-4-15-7-9-16(10-8-15)20(14(2)3)24-19(27)13-26-21(28)17(12-23)18-6-5-11-25(18)22(26)29/h7-10,14,20H,4-6,11,13H2,1-3H3,(H,24,27)/t20-/m1/s1. The van der Waals surface area contributed by atoms with Gasteiger partial charge in [-0.25, -0.2) is 9.36 Å². The van der Waals surface area contributed by atoms with Gasteiger partial charge in [0.15, 0.2) is 0 Å². The number of nitriles is 1. The topological polar surface area (TPSA) is 96.9 Å². The molecule has 2 heterocycles. The van der Waals surface area contributed by atoms with Gasteiger partial charge < -0.3 is 5.32 Å². The van der Waals surface area contributed by atoms with E-state index in [9.17, 15) is 19.6 Å². The van der Waals surface area contributed by atoms with Gasteiger partial charge in [0, 0.05) is 12.2 Å². The third-order valence-corrected chi connectivity index (χ3v) is 5.47. The maximum absolute atomic E-state index is 12.7. The lowest BCUT2D eigenvalue weighted by Crippen LogP contribution is -2.46. The number of amides is 1. The number of aromatic nitrogens is 2. The normalized spacial score (nSPS) is 13.8. The quantitative estimate of drug-likeness (QED) is 0.809. The molecule has 1 aliphatic rings. The van der Waals surface area contributed by atoms with E-state index in [1.807, 2.05) is 44.2 Å². The van der Waals surface area contributed by atoms with Crippen molar-refractivity contribution in [3.8, 4) is 6.07 Å². The van der Waals surface area contributed by atoms with Crippen LogP contribution in [0.2, 0.25) is 0 Å². The molecule has 1 amide bonds. The first kappa shape index (κ1) is 20.6. The molecule has 1 aromatic heterocycles. The van der Waals surface area contributed by atoms with Crippen LogP contribution in [0.4, 0.5) is 0 Å². The lowest BCUT2D eigenvalue weighted by Gasteiger charge is -2.23. The predicted octanol–water partition coefficient (Wildman–Crippen LogP) is 1.90. The van der Waals surface area contributed by atoms with E-state index in [2.05, 4.69) is 12.2 Å². The summed E-state index contributed by atoms with van der Waals surface area (Å²) in [6.07, 6.45) is 2.18. The van der Waals surface area contributed by atoms with Crippen LogP contribution in [0.25, 0.3) is 0 Å². The van der Waals surface area contributed by atoms with Crippen LogP contribution in [0, 0.1) is 17.2 Å². The van der Waals surface area contributed by atoms with Gasteiger partial charge in [0.25, 0.3) is 5.56 Å². The third kappa shape index (κ3) is 4.02. The van der Waals surface area contributed by atoms with Crippen LogP contribution in [0.5, 0.6) is 0 Å². The molecule has 1 aliphatic heterocycles. The fourth-order valence-electron chi connectivity index (χ4n) is 3.85. The fraction of sp³-hybridized carbons (Fsp3) is 0.455. The molecule has 0 fully saturated rings. The molecule has 0 bridgehead atoms. The van der Waals surface area contributed by atoms with E-state index < -0.39 is 23.7 Å². The summed E-state index contributed by atoms with van der Waals surface area (Å²) in [7, 11) is 0. The van der Waals surface area contributed by atoms with Crippen LogP contribution in [0.3, 0.4) is 0 Å². The maximum atomic E-state index is 12.7. The molecule has 7 nitrogen and oxygen atoms in total. The molecule has 0 spiro atoms. The van der Waals surface area contributed by atoms with Crippen LogP contribution in [-0.4, -0.2) is 15.0 Å². The first-order valence-electron chi connectivity index (χ1n) is 10.0. The minimum absolute atomic E-state index is 0.0366. The highest BCUT2D eigenvalue weighted by atomic mass is 16.2.